The van der Waals surface area contributed by atoms with Crippen molar-refractivity contribution in [2.75, 3.05) is 20.8 Å². The van der Waals surface area contributed by atoms with Crippen molar-refractivity contribution < 1.29 is 14.3 Å². The fraction of sp³-hybridized carbons (Fsp3) is 0.438. The molecule has 0 bridgehead atoms. The molecule has 1 N–H and O–H groups in total. The van der Waals surface area contributed by atoms with Crippen molar-refractivity contribution in [2.45, 2.75) is 26.2 Å². The zero-order chi connectivity index (χ0) is 14.8. The van der Waals surface area contributed by atoms with E-state index in [4.69, 9.17) is 9.47 Å². The first-order valence-corrected chi connectivity index (χ1v) is 6.89. The summed E-state index contributed by atoms with van der Waals surface area (Å²) in [7, 11) is 3.18. The molecule has 0 aliphatic rings. The van der Waals surface area contributed by atoms with Crippen molar-refractivity contribution in [1.82, 2.24) is 5.32 Å². The predicted molar refractivity (Wildman–Crippen MR) is 81.1 cm³/mol. The number of rotatable bonds is 8. The number of nitrogens with one attached hydrogen (secondary N) is 1. The number of unbranched alkanes of at least 4 members (excludes halogenated alkanes) is 2. The van der Waals surface area contributed by atoms with Crippen molar-refractivity contribution in [3.05, 3.63) is 29.8 Å². The SMILES string of the molecule is CCCCCNC(=O)/C=C/c1ccc(OC)c(OC)c1. The molecule has 0 saturated carbocycles. The monoisotopic (exact) mass is 277 g/mol. The summed E-state index contributed by atoms with van der Waals surface area (Å²) in [5.74, 6) is 1.25. The molecule has 0 aromatic heterocycles. The molecule has 0 unspecified atom stereocenters. The average molecular weight is 277 g/mol. The van der Waals surface area contributed by atoms with Crippen LogP contribution in [-0.4, -0.2) is 26.7 Å². The summed E-state index contributed by atoms with van der Waals surface area (Å²) in [6, 6.07) is 5.53. The van der Waals surface area contributed by atoms with Gasteiger partial charge in [-0.1, -0.05) is 25.8 Å². The summed E-state index contributed by atoms with van der Waals surface area (Å²) >= 11 is 0. The number of methoxy groups -OCH3 is 2. The Morgan fingerprint density at radius 1 is 1.20 bits per heavy atom. The highest BCUT2D eigenvalue weighted by Gasteiger charge is 2.03. The molecule has 1 rings (SSSR count). The van der Waals surface area contributed by atoms with Crippen LogP contribution in [0.15, 0.2) is 24.3 Å². The topological polar surface area (TPSA) is 47.6 Å². The minimum absolute atomic E-state index is 0.0733. The maximum Gasteiger partial charge on any atom is 0.243 e. The number of hydrogen-bond acceptors (Lipinski definition) is 3. The standard InChI is InChI=1S/C16H23NO3/c1-4-5-6-11-17-16(18)10-8-13-7-9-14(19-2)15(12-13)20-3/h7-10,12H,4-6,11H2,1-3H3,(H,17,18)/b10-8+. The maximum absolute atomic E-state index is 11.6. The lowest BCUT2D eigenvalue weighted by atomic mass is 10.2. The van der Waals surface area contributed by atoms with Crippen LogP contribution in [-0.2, 0) is 4.79 Å². The van der Waals surface area contributed by atoms with Gasteiger partial charge in [-0.2, -0.15) is 0 Å². The molecule has 20 heavy (non-hydrogen) atoms. The van der Waals surface area contributed by atoms with Crippen molar-refractivity contribution in [3.63, 3.8) is 0 Å². The Labute approximate surface area is 120 Å². The molecule has 4 nitrogen and oxygen atoms in total. The molecule has 110 valence electrons. The molecule has 0 aliphatic carbocycles. The number of benzene rings is 1. The molecule has 0 aliphatic heterocycles. The van der Waals surface area contributed by atoms with E-state index in [0.717, 1.165) is 31.4 Å². The Morgan fingerprint density at radius 3 is 2.60 bits per heavy atom. The van der Waals surface area contributed by atoms with Crippen LogP contribution in [0.1, 0.15) is 31.7 Å². The molecule has 0 heterocycles. The average Bonchev–Trinajstić information content (AvgIpc) is 2.49. The largest absolute Gasteiger partial charge is 0.493 e. The van der Waals surface area contributed by atoms with E-state index in [-0.39, 0.29) is 5.91 Å². The summed E-state index contributed by atoms with van der Waals surface area (Å²) in [5, 5.41) is 2.86. The van der Waals surface area contributed by atoms with E-state index in [9.17, 15) is 4.79 Å². The number of ether oxygens (including phenoxy) is 2. The fourth-order valence-corrected chi connectivity index (χ4v) is 1.77. The van der Waals surface area contributed by atoms with E-state index in [0.29, 0.717) is 11.5 Å². The van der Waals surface area contributed by atoms with Crippen LogP contribution in [0, 0.1) is 0 Å². The Hall–Kier alpha value is -1.97. The van der Waals surface area contributed by atoms with Crippen LogP contribution in [0.2, 0.25) is 0 Å². The second-order valence-corrected chi connectivity index (χ2v) is 4.45. The predicted octanol–water partition coefficient (Wildman–Crippen LogP) is 3.02. The van der Waals surface area contributed by atoms with Gasteiger partial charge in [0.05, 0.1) is 14.2 Å². The normalized spacial score (nSPS) is 10.6. The first kappa shape index (κ1) is 16.1. The van der Waals surface area contributed by atoms with Crippen molar-refractivity contribution in [2.24, 2.45) is 0 Å². The Balaban J connectivity index is 2.54. The lowest BCUT2D eigenvalue weighted by Crippen LogP contribution is -2.21. The van der Waals surface area contributed by atoms with E-state index in [1.165, 1.54) is 6.08 Å². The third-order valence-electron chi connectivity index (χ3n) is 2.91. The van der Waals surface area contributed by atoms with Crippen molar-refractivity contribution in [1.29, 1.82) is 0 Å². The Bertz CT molecular complexity index is 455. The Kier molecular flexibility index (Phi) is 7.25. The minimum atomic E-state index is -0.0733. The van der Waals surface area contributed by atoms with Crippen LogP contribution in [0.4, 0.5) is 0 Å². The lowest BCUT2D eigenvalue weighted by Gasteiger charge is -2.07. The molecule has 1 aromatic rings. The Morgan fingerprint density at radius 2 is 1.95 bits per heavy atom. The van der Waals surface area contributed by atoms with Crippen LogP contribution in [0.3, 0.4) is 0 Å². The highest BCUT2D eigenvalue weighted by Crippen LogP contribution is 2.27. The molecule has 0 radical (unpaired) electrons. The summed E-state index contributed by atoms with van der Waals surface area (Å²) in [4.78, 5) is 11.6. The molecule has 4 heteroatoms. The molecule has 0 saturated heterocycles. The van der Waals surface area contributed by atoms with Gasteiger partial charge in [-0.25, -0.2) is 0 Å². The number of carbonyl (C=O) groups excluding carboxylic acids is 1. The maximum atomic E-state index is 11.6. The van der Waals surface area contributed by atoms with Gasteiger partial charge in [0.15, 0.2) is 11.5 Å². The highest BCUT2D eigenvalue weighted by atomic mass is 16.5. The van der Waals surface area contributed by atoms with Gasteiger partial charge < -0.3 is 14.8 Å². The first-order chi connectivity index (χ1) is 9.71. The van der Waals surface area contributed by atoms with Gasteiger partial charge in [-0.3, -0.25) is 4.79 Å². The molecule has 0 atom stereocenters. The van der Waals surface area contributed by atoms with Gasteiger partial charge in [-0.05, 0) is 30.2 Å². The van der Waals surface area contributed by atoms with E-state index in [1.54, 1.807) is 20.3 Å². The van der Waals surface area contributed by atoms with E-state index < -0.39 is 0 Å². The quantitative estimate of drug-likeness (QED) is 0.587. The zero-order valence-electron chi connectivity index (χ0n) is 12.4. The number of carbonyl (C=O) groups is 1. The molecule has 0 fully saturated rings. The molecule has 1 amide bonds. The second-order valence-electron chi connectivity index (χ2n) is 4.45. The van der Waals surface area contributed by atoms with Crippen LogP contribution in [0.25, 0.3) is 6.08 Å². The molecule has 0 spiro atoms. The van der Waals surface area contributed by atoms with Crippen molar-refractivity contribution in [3.8, 4) is 11.5 Å². The van der Waals surface area contributed by atoms with Crippen molar-refractivity contribution >= 4 is 12.0 Å². The molecular weight excluding hydrogens is 254 g/mol. The third kappa shape index (κ3) is 5.34. The highest BCUT2D eigenvalue weighted by molar-refractivity contribution is 5.91. The number of amides is 1. The first-order valence-electron chi connectivity index (χ1n) is 6.89. The summed E-state index contributed by atoms with van der Waals surface area (Å²) in [6.07, 6.45) is 6.60. The van der Waals surface area contributed by atoms with Gasteiger partial charge in [0.1, 0.15) is 0 Å². The van der Waals surface area contributed by atoms with E-state index >= 15 is 0 Å². The van der Waals surface area contributed by atoms with Crippen LogP contribution in [0.5, 0.6) is 11.5 Å². The summed E-state index contributed by atoms with van der Waals surface area (Å²) in [5.41, 5.74) is 0.895. The lowest BCUT2D eigenvalue weighted by molar-refractivity contribution is -0.116. The van der Waals surface area contributed by atoms with E-state index in [1.807, 2.05) is 18.2 Å². The number of hydrogen-bond donors (Lipinski definition) is 1. The van der Waals surface area contributed by atoms with Crippen LogP contribution < -0.4 is 14.8 Å². The van der Waals surface area contributed by atoms with Gasteiger partial charge in [-0.15, -0.1) is 0 Å². The van der Waals surface area contributed by atoms with Crippen LogP contribution >= 0.6 is 0 Å². The van der Waals surface area contributed by atoms with E-state index in [2.05, 4.69) is 12.2 Å². The van der Waals surface area contributed by atoms with Gasteiger partial charge in [0, 0.05) is 12.6 Å². The fourth-order valence-electron chi connectivity index (χ4n) is 1.77. The van der Waals surface area contributed by atoms with Gasteiger partial charge in [0.2, 0.25) is 5.91 Å². The smallest absolute Gasteiger partial charge is 0.243 e. The summed E-state index contributed by atoms with van der Waals surface area (Å²) < 4.78 is 10.4. The minimum Gasteiger partial charge on any atom is -0.493 e. The van der Waals surface area contributed by atoms with Gasteiger partial charge in [0.25, 0.3) is 0 Å². The summed E-state index contributed by atoms with van der Waals surface area (Å²) in [6.45, 7) is 2.86. The molecular formula is C16H23NO3. The second kappa shape index (κ2) is 9.02. The zero-order valence-corrected chi connectivity index (χ0v) is 12.4. The van der Waals surface area contributed by atoms with Gasteiger partial charge >= 0.3 is 0 Å². The third-order valence-corrected chi connectivity index (χ3v) is 2.91. The molecule has 1 aromatic carbocycles.